The van der Waals surface area contributed by atoms with Crippen LogP contribution in [0.1, 0.15) is 5.56 Å². The smallest absolute Gasteiger partial charge is 0.160 e. The first kappa shape index (κ1) is 32.9. The van der Waals surface area contributed by atoms with E-state index in [1.165, 1.54) is 37.9 Å². The second kappa shape index (κ2) is 14.0. The third kappa shape index (κ3) is 5.97. The molecule has 0 unspecified atom stereocenters. The lowest BCUT2D eigenvalue weighted by atomic mass is 9.89. The Morgan fingerprint density at radius 3 is 1.68 bits per heavy atom. The summed E-state index contributed by atoms with van der Waals surface area (Å²) in [6.45, 7) is 0. The lowest BCUT2D eigenvalue weighted by Gasteiger charge is -2.15. The van der Waals surface area contributed by atoms with E-state index in [1.807, 2.05) is 42.5 Å². The maximum atomic E-state index is 9.44. The van der Waals surface area contributed by atoms with Crippen molar-refractivity contribution in [2.24, 2.45) is 0 Å². The molecule has 3 nitrogen and oxygen atoms in total. The molecule has 0 amide bonds. The van der Waals surface area contributed by atoms with Crippen molar-refractivity contribution < 1.29 is 0 Å². The highest BCUT2D eigenvalue weighted by atomic mass is 14.9. The number of hydrogen-bond acceptors (Lipinski definition) is 3. The third-order valence-electron chi connectivity index (χ3n) is 10.7. The molecule has 10 rings (SSSR count). The number of benzene rings is 9. The van der Waals surface area contributed by atoms with Crippen molar-refractivity contribution in [3.05, 3.63) is 206 Å². The van der Waals surface area contributed by atoms with E-state index in [9.17, 15) is 5.26 Å². The molecule has 0 aliphatic rings. The maximum absolute atomic E-state index is 9.44. The Bertz CT molecular complexity index is 3100. The topological polar surface area (TPSA) is 49.6 Å². The van der Waals surface area contributed by atoms with Crippen LogP contribution in [0, 0.1) is 11.3 Å². The number of nitriles is 1. The van der Waals surface area contributed by atoms with Crippen molar-refractivity contribution in [3.8, 4) is 73.4 Å². The monoisotopic (exact) mass is 711 g/mol. The predicted molar refractivity (Wildman–Crippen MR) is 232 cm³/mol. The van der Waals surface area contributed by atoms with Crippen molar-refractivity contribution in [2.75, 3.05) is 0 Å². The van der Waals surface area contributed by atoms with Gasteiger partial charge in [-0.05, 0) is 90.0 Å². The van der Waals surface area contributed by atoms with Crippen LogP contribution in [-0.2, 0) is 0 Å². The van der Waals surface area contributed by atoms with Gasteiger partial charge in [0.25, 0.3) is 0 Å². The van der Waals surface area contributed by atoms with Crippen LogP contribution in [-0.4, -0.2) is 9.97 Å². The summed E-state index contributed by atoms with van der Waals surface area (Å²) in [5.74, 6) is 0.655. The molecule has 1 aromatic heterocycles. The Balaban J connectivity index is 1.12. The van der Waals surface area contributed by atoms with Gasteiger partial charge >= 0.3 is 0 Å². The standard InChI is InChI=1S/C53H33N3/c54-34-35-18-20-39(21-19-35)44-14-8-9-17-47(44)51-33-50(55-53(56-51)42-28-22-37(23-29-42)36-10-2-1-3-11-36)40-24-26-41(27-25-40)52-46-16-7-5-13-43(46)32-49-45-15-6-4-12-38(45)30-31-48(49)52/h1-33H. The first-order valence-corrected chi connectivity index (χ1v) is 18.8. The van der Waals surface area contributed by atoms with Crippen LogP contribution >= 0.6 is 0 Å². The number of nitrogens with zero attached hydrogens (tertiary/aromatic N) is 3. The van der Waals surface area contributed by atoms with Crippen LogP contribution in [0.3, 0.4) is 0 Å². The quantitative estimate of drug-likeness (QED) is 0.127. The van der Waals surface area contributed by atoms with Gasteiger partial charge in [0.15, 0.2) is 5.82 Å². The van der Waals surface area contributed by atoms with Gasteiger partial charge in [-0.1, -0.05) is 176 Å². The molecule has 0 N–H and O–H groups in total. The van der Waals surface area contributed by atoms with Crippen LogP contribution in [0.5, 0.6) is 0 Å². The average molecular weight is 712 g/mol. The molecule has 0 bridgehead atoms. The molecular formula is C53H33N3. The fourth-order valence-corrected chi connectivity index (χ4v) is 7.93. The number of rotatable bonds is 6. The van der Waals surface area contributed by atoms with Crippen molar-refractivity contribution in [2.45, 2.75) is 0 Å². The molecule has 1 heterocycles. The van der Waals surface area contributed by atoms with E-state index in [1.54, 1.807) is 0 Å². The summed E-state index contributed by atoms with van der Waals surface area (Å²) in [5.41, 5.74) is 12.0. The Morgan fingerprint density at radius 2 is 0.911 bits per heavy atom. The number of aromatic nitrogens is 2. The molecule has 10 aromatic rings. The molecule has 56 heavy (non-hydrogen) atoms. The second-order valence-corrected chi connectivity index (χ2v) is 14.1. The third-order valence-corrected chi connectivity index (χ3v) is 10.7. The summed E-state index contributed by atoms with van der Waals surface area (Å²) < 4.78 is 0. The average Bonchev–Trinajstić information content (AvgIpc) is 3.28. The fourth-order valence-electron chi connectivity index (χ4n) is 7.93. The van der Waals surface area contributed by atoms with Crippen molar-refractivity contribution >= 4 is 32.3 Å². The van der Waals surface area contributed by atoms with E-state index in [0.717, 1.165) is 55.9 Å². The maximum Gasteiger partial charge on any atom is 0.160 e. The first-order valence-electron chi connectivity index (χ1n) is 18.8. The van der Waals surface area contributed by atoms with E-state index < -0.39 is 0 Å². The van der Waals surface area contributed by atoms with E-state index in [0.29, 0.717) is 11.4 Å². The molecule has 0 fully saturated rings. The Labute approximate surface area is 325 Å². The van der Waals surface area contributed by atoms with Gasteiger partial charge in [0.05, 0.1) is 23.0 Å². The predicted octanol–water partition coefficient (Wildman–Crippen LogP) is 13.8. The molecule has 0 aliphatic carbocycles. The summed E-state index contributed by atoms with van der Waals surface area (Å²) in [5, 5.41) is 16.9. The van der Waals surface area contributed by atoms with Gasteiger partial charge in [0.2, 0.25) is 0 Å². The number of fused-ring (bicyclic) bond motifs is 4. The van der Waals surface area contributed by atoms with Crippen molar-refractivity contribution in [3.63, 3.8) is 0 Å². The van der Waals surface area contributed by atoms with Crippen LogP contribution in [0.2, 0.25) is 0 Å². The fraction of sp³-hybridized carbons (Fsp3) is 0. The molecule has 260 valence electrons. The molecule has 0 saturated carbocycles. The van der Waals surface area contributed by atoms with E-state index in [-0.39, 0.29) is 0 Å². The summed E-state index contributed by atoms with van der Waals surface area (Å²) in [7, 11) is 0. The minimum atomic E-state index is 0.630. The summed E-state index contributed by atoms with van der Waals surface area (Å²) >= 11 is 0. The number of hydrogen-bond donors (Lipinski definition) is 0. The summed E-state index contributed by atoms with van der Waals surface area (Å²) in [6.07, 6.45) is 0. The summed E-state index contributed by atoms with van der Waals surface area (Å²) in [4.78, 5) is 10.4. The SMILES string of the molecule is N#Cc1ccc(-c2ccccc2-c2cc(-c3ccc(-c4c5ccccc5cc5c4ccc4ccccc45)cc3)nc(-c3ccc(-c4ccccc4)cc3)n2)cc1. The van der Waals surface area contributed by atoms with Crippen LogP contribution in [0.4, 0.5) is 0 Å². The van der Waals surface area contributed by atoms with Gasteiger partial charge in [-0.25, -0.2) is 9.97 Å². The van der Waals surface area contributed by atoms with Gasteiger partial charge < -0.3 is 0 Å². The van der Waals surface area contributed by atoms with Gasteiger partial charge in [-0.3, -0.25) is 0 Å². The lowest BCUT2D eigenvalue weighted by molar-refractivity contribution is 1.18. The van der Waals surface area contributed by atoms with Gasteiger partial charge in [-0.15, -0.1) is 0 Å². The highest BCUT2D eigenvalue weighted by Crippen LogP contribution is 2.40. The molecule has 0 saturated heterocycles. The zero-order chi connectivity index (χ0) is 37.4. The first-order chi connectivity index (χ1) is 27.7. The summed E-state index contributed by atoms with van der Waals surface area (Å²) in [6, 6.07) is 72.2. The minimum absolute atomic E-state index is 0.630. The molecular weight excluding hydrogens is 679 g/mol. The van der Waals surface area contributed by atoms with Gasteiger partial charge in [-0.2, -0.15) is 5.26 Å². The van der Waals surface area contributed by atoms with Crippen LogP contribution < -0.4 is 0 Å². The van der Waals surface area contributed by atoms with Gasteiger partial charge in [0, 0.05) is 16.7 Å². The minimum Gasteiger partial charge on any atom is -0.228 e. The molecule has 3 heteroatoms. The Hall–Kier alpha value is -7.67. The zero-order valence-electron chi connectivity index (χ0n) is 30.4. The molecule has 0 atom stereocenters. The zero-order valence-corrected chi connectivity index (χ0v) is 30.4. The highest BCUT2D eigenvalue weighted by Gasteiger charge is 2.16. The molecule has 0 spiro atoms. The second-order valence-electron chi connectivity index (χ2n) is 14.1. The van der Waals surface area contributed by atoms with E-state index in [4.69, 9.17) is 9.97 Å². The molecule has 9 aromatic carbocycles. The molecule has 0 radical (unpaired) electrons. The van der Waals surface area contributed by atoms with Gasteiger partial charge in [0.1, 0.15) is 0 Å². The normalized spacial score (nSPS) is 11.2. The van der Waals surface area contributed by atoms with E-state index in [2.05, 4.69) is 164 Å². The lowest BCUT2D eigenvalue weighted by Crippen LogP contribution is -1.97. The van der Waals surface area contributed by atoms with E-state index >= 15 is 0 Å². The largest absolute Gasteiger partial charge is 0.228 e. The molecule has 0 aliphatic heterocycles. The van der Waals surface area contributed by atoms with Crippen LogP contribution in [0.25, 0.3) is 99.6 Å². The highest BCUT2D eigenvalue weighted by molar-refractivity contribution is 6.20. The van der Waals surface area contributed by atoms with Crippen molar-refractivity contribution in [1.82, 2.24) is 9.97 Å². The Morgan fingerprint density at radius 1 is 0.339 bits per heavy atom. The van der Waals surface area contributed by atoms with Crippen LogP contribution in [0.15, 0.2) is 200 Å². The Kier molecular flexibility index (Phi) is 8.21. The van der Waals surface area contributed by atoms with Crippen molar-refractivity contribution in [1.29, 1.82) is 5.26 Å².